The van der Waals surface area contributed by atoms with Gasteiger partial charge in [0.15, 0.2) is 24.6 Å². The van der Waals surface area contributed by atoms with Gasteiger partial charge in [0, 0.05) is 0 Å². The molecule has 0 unspecified atom stereocenters. The summed E-state index contributed by atoms with van der Waals surface area (Å²) in [6.07, 6.45) is 1.68. The molecule has 2 aromatic rings. The highest BCUT2D eigenvalue weighted by atomic mass is 16.5. The third kappa shape index (κ3) is 4.29. The van der Waals surface area contributed by atoms with Gasteiger partial charge in [-0.1, -0.05) is 38.1 Å². The van der Waals surface area contributed by atoms with Crippen LogP contribution in [0.15, 0.2) is 42.2 Å². The van der Waals surface area contributed by atoms with Gasteiger partial charge in [0.25, 0.3) is 0 Å². The molecular weight excluding hydrogens is 366 g/mol. The second-order valence-corrected chi connectivity index (χ2v) is 7.30. The van der Waals surface area contributed by atoms with Crippen molar-refractivity contribution in [2.24, 2.45) is 0 Å². The maximum Gasteiger partial charge on any atom is 0.231 e. The molecule has 0 aliphatic carbocycles. The zero-order valence-corrected chi connectivity index (χ0v) is 16.4. The number of rotatable bonds is 6. The number of Topliss-reactive ketones (excluding diaryl/α,β-unsaturated/α-hetero) is 1. The van der Waals surface area contributed by atoms with Crippen molar-refractivity contribution in [1.29, 1.82) is 10.5 Å². The highest BCUT2D eigenvalue weighted by molar-refractivity contribution is 6.14. The van der Waals surface area contributed by atoms with Gasteiger partial charge in [-0.15, -0.1) is 0 Å². The van der Waals surface area contributed by atoms with Gasteiger partial charge in [-0.05, 0) is 35.3 Å². The Morgan fingerprint density at radius 2 is 1.76 bits per heavy atom. The second-order valence-electron chi connectivity index (χ2n) is 7.30. The smallest absolute Gasteiger partial charge is 0.231 e. The number of hydrogen-bond acceptors (Lipinski definition) is 5. The molecule has 6 nitrogen and oxygen atoms in total. The lowest BCUT2D eigenvalue weighted by molar-refractivity contribution is -0.899. The molecule has 6 heteroatoms. The fourth-order valence-electron chi connectivity index (χ4n) is 3.26. The fourth-order valence-corrected chi connectivity index (χ4v) is 3.26. The van der Waals surface area contributed by atoms with Crippen LogP contribution >= 0.6 is 0 Å². The summed E-state index contributed by atoms with van der Waals surface area (Å²) in [4.78, 5) is 13.5. The van der Waals surface area contributed by atoms with Crippen molar-refractivity contribution in [3.8, 4) is 23.6 Å². The number of phenolic OH excluding ortho intramolecular Hbond substituents is 1. The third-order valence-electron chi connectivity index (χ3n) is 4.90. The molecule has 0 fully saturated rings. The summed E-state index contributed by atoms with van der Waals surface area (Å²) in [6.45, 7) is 4.65. The topological polar surface area (TPSA) is 98.5 Å². The molecule has 2 N–H and O–H groups in total. The standard InChI is InChI=1S/C23H21N3O3/c1-15(2)17-5-3-16(4-6-17)13-21-22(28)18-7-8-20(27)19(23(18)29-21)14-26(11-9-24)12-10-25/h3-8,13,15,27H,11-12,14H2,1-2H3/p+1/b21-13+. The van der Waals surface area contributed by atoms with Crippen LogP contribution in [0.4, 0.5) is 0 Å². The summed E-state index contributed by atoms with van der Waals surface area (Å²) < 4.78 is 5.84. The van der Waals surface area contributed by atoms with Crippen molar-refractivity contribution in [2.45, 2.75) is 26.3 Å². The molecule has 0 amide bonds. The number of carbonyl (C=O) groups excluding carboxylic acids is 1. The molecule has 1 aliphatic rings. The average Bonchev–Trinajstić information content (AvgIpc) is 3.00. The van der Waals surface area contributed by atoms with Crippen molar-refractivity contribution < 1.29 is 19.5 Å². The Balaban J connectivity index is 1.92. The average molecular weight is 388 g/mol. The van der Waals surface area contributed by atoms with Crippen LogP contribution in [-0.2, 0) is 6.54 Å². The van der Waals surface area contributed by atoms with E-state index in [9.17, 15) is 9.90 Å². The number of fused-ring (bicyclic) bond motifs is 1. The number of nitriles is 2. The molecule has 0 bridgehead atoms. The van der Waals surface area contributed by atoms with E-state index < -0.39 is 0 Å². The summed E-state index contributed by atoms with van der Waals surface area (Å²) in [6, 6.07) is 15.0. The number of phenols is 1. The van der Waals surface area contributed by atoms with E-state index in [-0.39, 0.29) is 36.9 Å². The first-order valence-electron chi connectivity index (χ1n) is 9.41. The van der Waals surface area contributed by atoms with E-state index >= 15 is 0 Å². The zero-order chi connectivity index (χ0) is 21.0. The molecule has 0 radical (unpaired) electrons. The van der Waals surface area contributed by atoms with Crippen molar-refractivity contribution >= 4 is 11.9 Å². The fraction of sp³-hybridized carbons (Fsp3) is 0.261. The van der Waals surface area contributed by atoms with Gasteiger partial charge in [-0.25, -0.2) is 0 Å². The molecular formula is C23H22N3O3+. The van der Waals surface area contributed by atoms with Gasteiger partial charge in [0.05, 0.1) is 11.1 Å². The first kappa shape index (κ1) is 20.1. The molecule has 0 aromatic heterocycles. The number of ketones is 1. The Bertz CT molecular complexity index is 1020. The van der Waals surface area contributed by atoms with Crippen molar-refractivity contribution in [1.82, 2.24) is 0 Å². The van der Waals surface area contributed by atoms with E-state index in [2.05, 4.69) is 13.8 Å². The SMILES string of the molecule is CC(C)c1ccc(/C=C2/Oc3c(ccc(O)c3C[NH+](CC#N)CC#N)C2=O)cc1. The zero-order valence-electron chi connectivity index (χ0n) is 16.4. The van der Waals surface area contributed by atoms with E-state index in [4.69, 9.17) is 15.3 Å². The van der Waals surface area contributed by atoms with E-state index in [1.165, 1.54) is 17.7 Å². The van der Waals surface area contributed by atoms with Crippen LogP contribution in [0.1, 0.15) is 46.8 Å². The molecule has 0 atom stereocenters. The van der Waals surface area contributed by atoms with Crippen LogP contribution < -0.4 is 9.64 Å². The Kier molecular flexibility index (Phi) is 5.97. The highest BCUT2D eigenvalue weighted by Crippen LogP contribution is 2.39. The summed E-state index contributed by atoms with van der Waals surface area (Å²) in [5, 5.41) is 28.3. The number of allylic oxidation sites excluding steroid dienone is 1. The molecule has 1 aliphatic heterocycles. The number of aromatic hydroxyl groups is 1. The van der Waals surface area contributed by atoms with Gasteiger partial charge in [-0.3, -0.25) is 4.79 Å². The summed E-state index contributed by atoms with van der Waals surface area (Å²) in [7, 11) is 0. The van der Waals surface area contributed by atoms with Crippen LogP contribution in [0.2, 0.25) is 0 Å². The minimum Gasteiger partial charge on any atom is -0.507 e. The molecule has 0 saturated carbocycles. The number of ether oxygens (including phenoxy) is 1. The molecule has 29 heavy (non-hydrogen) atoms. The van der Waals surface area contributed by atoms with E-state index in [1.807, 2.05) is 36.4 Å². The number of nitrogens with one attached hydrogen (secondary N) is 1. The number of benzene rings is 2. The summed E-state index contributed by atoms with van der Waals surface area (Å²) in [5.41, 5.74) is 2.85. The Morgan fingerprint density at radius 1 is 1.10 bits per heavy atom. The lowest BCUT2D eigenvalue weighted by Crippen LogP contribution is -3.10. The van der Waals surface area contributed by atoms with Crippen molar-refractivity contribution in [3.05, 3.63) is 64.4 Å². The Morgan fingerprint density at radius 3 is 2.34 bits per heavy atom. The van der Waals surface area contributed by atoms with Gasteiger partial charge < -0.3 is 14.7 Å². The van der Waals surface area contributed by atoms with Crippen molar-refractivity contribution in [2.75, 3.05) is 13.1 Å². The first-order valence-corrected chi connectivity index (χ1v) is 9.41. The van der Waals surface area contributed by atoms with Crippen LogP contribution in [0.25, 0.3) is 6.08 Å². The van der Waals surface area contributed by atoms with Crippen LogP contribution in [-0.4, -0.2) is 24.0 Å². The normalized spacial score (nSPS) is 14.0. The predicted molar refractivity (Wildman–Crippen MR) is 107 cm³/mol. The Labute approximate surface area is 169 Å². The number of carbonyl (C=O) groups is 1. The Hall–Kier alpha value is -3.61. The quantitative estimate of drug-likeness (QED) is 0.585. The lowest BCUT2D eigenvalue weighted by atomic mass is 10.0. The molecule has 146 valence electrons. The molecule has 0 spiro atoms. The van der Waals surface area contributed by atoms with Gasteiger partial charge in [0.2, 0.25) is 5.78 Å². The maximum atomic E-state index is 12.8. The number of hydrogen-bond donors (Lipinski definition) is 2. The van der Waals surface area contributed by atoms with Crippen LogP contribution in [0, 0.1) is 22.7 Å². The lowest BCUT2D eigenvalue weighted by Gasteiger charge is -2.15. The molecule has 1 heterocycles. The predicted octanol–water partition coefficient (Wildman–Crippen LogP) is 2.56. The minimum atomic E-state index is -0.253. The van der Waals surface area contributed by atoms with Crippen LogP contribution in [0.5, 0.6) is 11.5 Å². The van der Waals surface area contributed by atoms with Crippen molar-refractivity contribution in [3.63, 3.8) is 0 Å². The third-order valence-corrected chi connectivity index (χ3v) is 4.90. The molecule has 0 saturated heterocycles. The molecule has 2 aromatic carbocycles. The van der Waals surface area contributed by atoms with Gasteiger partial charge in [0.1, 0.15) is 24.4 Å². The number of quaternary nitrogens is 1. The monoisotopic (exact) mass is 388 g/mol. The molecule has 3 rings (SSSR count). The first-order chi connectivity index (χ1) is 13.9. The van der Waals surface area contributed by atoms with Gasteiger partial charge >= 0.3 is 0 Å². The maximum absolute atomic E-state index is 12.8. The second kappa shape index (κ2) is 8.60. The van der Waals surface area contributed by atoms with E-state index in [1.54, 1.807) is 6.08 Å². The van der Waals surface area contributed by atoms with Crippen LogP contribution in [0.3, 0.4) is 0 Å². The van der Waals surface area contributed by atoms with E-state index in [0.717, 1.165) is 5.56 Å². The van der Waals surface area contributed by atoms with Gasteiger partial charge in [-0.2, -0.15) is 10.5 Å². The largest absolute Gasteiger partial charge is 0.507 e. The number of nitrogens with zero attached hydrogens (tertiary/aromatic N) is 2. The minimum absolute atomic E-state index is 0.0209. The summed E-state index contributed by atoms with van der Waals surface area (Å²) in [5.74, 6) is 0.631. The summed E-state index contributed by atoms with van der Waals surface area (Å²) >= 11 is 0. The highest BCUT2D eigenvalue weighted by Gasteiger charge is 2.32. The van der Waals surface area contributed by atoms with E-state index in [0.29, 0.717) is 27.7 Å².